The molecule has 0 saturated heterocycles. The van der Waals surface area contributed by atoms with Crippen molar-refractivity contribution in [3.05, 3.63) is 40.6 Å². The summed E-state index contributed by atoms with van der Waals surface area (Å²) in [6, 6.07) is 2.83. The first-order valence-corrected chi connectivity index (χ1v) is 5.30. The van der Waals surface area contributed by atoms with Crippen LogP contribution in [0.15, 0.2) is 29.3 Å². The predicted molar refractivity (Wildman–Crippen MR) is 62.7 cm³/mol. The van der Waals surface area contributed by atoms with Crippen molar-refractivity contribution in [2.75, 3.05) is 7.11 Å². The summed E-state index contributed by atoms with van der Waals surface area (Å²) in [6.07, 6.45) is 1.18. The topological polar surface area (TPSA) is 38.3 Å². The highest BCUT2D eigenvalue weighted by molar-refractivity contribution is 9.10. The van der Waals surface area contributed by atoms with Gasteiger partial charge in [0.1, 0.15) is 0 Å². The van der Waals surface area contributed by atoms with Crippen molar-refractivity contribution in [3.8, 4) is 5.75 Å². The summed E-state index contributed by atoms with van der Waals surface area (Å²) in [5.41, 5.74) is 0.730. The average Bonchev–Trinajstić information content (AvgIpc) is 2.27. The van der Waals surface area contributed by atoms with Gasteiger partial charge in [-0.25, -0.2) is 4.39 Å². The summed E-state index contributed by atoms with van der Waals surface area (Å²) in [5.74, 6) is -0.589. The molecule has 1 N–H and O–H groups in total. The molecule has 0 aliphatic rings. The molecule has 0 aliphatic heterocycles. The van der Waals surface area contributed by atoms with Crippen molar-refractivity contribution in [1.82, 2.24) is 5.32 Å². The average molecular weight is 288 g/mol. The van der Waals surface area contributed by atoms with Crippen LogP contribution in [0, 0.1) is 5.82 Å². The molecule has 5 heteroatoms. The molecule has 0 unspecified atom stereocenters. The molecular formula is C11H11BrFNO2. The van der Waals surface area contributed by atoms with Crippen molar-refractivity contribution >= 4 is 21.8 Å². The van der Waals surface area contributed by atoms with E-state index in [9.17, 15) is 9.18 Å². The van der Waals surface area contributed by atoms with Crippen LogP contribution >= 0.6 is 15.9 Å². The Hall–Kier alpha value is -1.36. The summed E-state index contributed by atoms with van der Waals surface area (Å²) in [7, 11) is 1.39. The van der Waals surface area contributed by atoms with E-state index >= 15 is 0 Å². The lowest BCUT2D eigenvalue weighted by molar-refractivity contribution is -0.116. The molecule has 1 rings (SSSR count). The third kappa shape index (κ3) is 3.06. The van der Waals surface area contributed by atoms with Crippen LogP contribution in [0.25, 0.3) is 0 Å². The Morgan fingerprint density at radius 1 is 1.69 bits per heavy atom. The van der Waals surface area contributed by atoms with Crippen LogP contribution < -0.4 is 10.1 Å². The van der Waals surface area contributed by atoms with Crippen LogP contribution in [0.4, 0.5) is 4.39 Å². The number of halogens is 2. The molecule has 0 aromatic heterocycles. The molecular weight excluding hydrogens is 277 g/mol. The van der Waals surface area contributed by atoms with Crippen molar-refractivity contribution in [2.45, 2.75) is 6.54 Å². The number of amides is 1. The van der Waals surface area contributed by atoms with Crippen LogP contribution in [-0.4, -0.2) is 13.0 Å². The quantitative estimate of drug-likeness (QED) is 0.864. The van der Waals surface area contributed by atoms with Crippen LogP contribution in [0.1, 0.15) is 5.56 Å². The van der Waals surface area contributed by atoms with Gasteiger partial charge in [0.05, 0.1) is 7.11 Å². The molecule has 86 valence electrons. The number of benzene rings is 1. The lowest BCUT2D eigenvalue weighted by Gasteiger charge is -2.08. The molecule has 3 nitrogen and oxygen atoms in total. The molecule has 0 radical (unpaired) electrons. The number of hydrogen-bond acceptors (Lipinski definition) is 2. The van der Waals surface area contributed by atoms with E-state index in [1.807, 2.05) is 0 Å². The van der Waals surface area contributed by atoms with Crippen molar-refractivity contribution < 1.29 is 13.9 Å². The van der Waals surface area contributed by atoms with E-state index in [4.69, 9.17) is 4.74 Å². The summed E-state index contributed by atoms with van der Waals surface area (Å²) >= 11 is 3.21. The van der Waals surface area contributed by atoms with E-state index in [1.54, 1.807) is 0 Å². The van der Waals surface area contributed by atoms with Gasteiger partial charge in [-0.3, -0.25) is 4.79 Å². The third-order valence-corrected chi connectivity index (χ3v) is 2.70. The number of ether oxygens (including phenoxy) is 1. The minimum absolute atomic E-state index is 0.144. The summed E-state index contributed by atoms with van der Waals surface area (Å²) in [6.45, 7) is 3.61. The molecule has 0 atom stereocenters. The van der Waals surface area contributed by atoms with E-state index in [1.165, 1.54) is 25.3 Å². The van der Waals surface area contributed by atoms with Crippen molar-refractivity contribution in [3.63, 3.8) is 0 Å². The highest BCUT2D eigenvalue weighted by Crippen LogP contribution is 2.25. The monoisotopic (exact) mass is 287 g/mol. The van der Waals surface area contributed by atoms with Gasteiger partial charge in [0.25, 0.3) is 0 Å². The molecule has 1 aromatic carbocycles. The Kier molecular flexibility index (Phi) is 4.49. The highest BCUT2D eigenvalue weighted by Gasteiger charge is 2.08. The molecule has 0 bridgehead atoms. The van der Waals surface area contributed by atoms with Gasteiger partial charge in [0, 0.05) is 11.0 Å². The molecule has 0 aliphatic carbocycles. The predicted octanol–water partition coefficient (Wildman–Crippen LogP) is 2.40. The fourth-order valence-corrected chi connectivity index (χ4v) is 1.57. The van der Waals surface area contributed by atoms with E-state index in [0.29, 0.717) is 4.47 Å². The molecule has 1 amide bonds. The molecule has 0 heterocycles. The Morgan fingerprint density at radius 2 is 2.38 bits per heavy atom. The maximum Gasteiger partial charge on any atom is 0.243 e. The number of hydrogen-bond donors (Lipinski definition) is 1. The lowest BCUT2D eigenvalue weighted by Crippen LogP contribution is -2.20. The second kappa shape index (κ2) is 5.65. The van der Waals surface area contributed by atoms with Gasteiger partial charge >= 0.3 is 0 Å². The first-order chi connectivity index (χ1) is 7.58. The van der Waals surface area contributed by atoms with Gasteiger partial charge in [0.15, 0.2) is 11.6 Å². The van der Waals surface area contributed by atoms with E-state index < -0.39 is 5.82 Å². The normalized spacial score (nSPS) is 9.69. The van der Waals surface area contributed by atoms with Gasteiger partial charge in [-0.1, -0.05) is 22.5 Å². The number of carbonyl (C=O) groups excluding carboxylic acids is 1. The Balaban J connectivity index is 2.87. The first-order valence-electron chi connectivity index (χ1n) is 4.50. The van der Waals surface area contributed by atoms with Gasteiger partial charge in [-0.15, -0.1) is 0 Å². The lowest BCUT2D eigenvalue weighted by atomic mass is 10.2. The summed E-state index contributed by atoms with van der Waals surface area (Å²) < 4.78 is 18.7. The minimum atomic E-state index is -0.451. The number of carbonyl (C=O) groups is 1. The SMILES string of the molecule is C=CC(=O)NCc1cc(OC)c(F)cc1Br. The Morgan fingerprint density at radius 3 is 2.94 bits per heavy atom. The highest BCUT2D eigenvalue weighted by atomic mass is 79.9. The molecule has 0 spiro atoms. The smallest absolute Gasteiger partial charge is 0.243 e. The zero-order valence-electron chi connectivity index (χ0n) is 8.72. The maximum absolute atomic E-state index is 13.2. The molecule has 16 heavy (non-hydrogen) atoms. The largest absolute Gasteiger partial charge is 0.494 e. The number of rotatable bonds is 4. The Bertz CT molecular complexity index is 421. The van der Waals surface area contributed by atoms with E-state index in [-0.39, 0.29) is 18.2 Å². The van der Waals surface area contributed by atoms with Crippen molar-refractivity contribution in [2.24, 2.45) is 0 Å². The zero-order valence-corrected chi connectivity index (χ0v) is 10.3. The first kappa shape index (κ1) is 12.7. The number of nitrogens with one attached hydrogen (secondary N) is 1. The van der Waals surface area contributed by atoms with Crippen LogP contribution in [0.5, 0.6) is 5.75 Å². The zero-order chi connectivity index (χ0) is 12.1. The van der Waals surface area contributed by atoms with Gasteiger partial charge in [0.2, 0.25) is 5.91 Å². The van der Waals surface area contributed by atoms with E-state index in [0.717, 1.165) is 5.56 Å². The number of methoxy groups -OCH3 is 1. The van der Waals surface area contributed by atoms with Crippen molar-refractivity contribution in [1.29, 1.82) is 0 Å². The van der Waals surface area contributed by atoms with Crippen LogP contribution in [0.2, 0.25) is 0 Å². The minimum Gasteiger partial charge on any atom is -0.494 e. The maximum atomic E-state index is 13.2. The standard InChI is InChI=1S/C11H11BrFNO2/c1-3-11(15)14-6-7-4-10(16-2)9(13)5-8(7)12/h3-5H,1,6H2,2H3,(H,14,15). The fourth-order valence-electron chi connectivity index (χ4n) is 1.12. The molecule has 1 aromatic rings. The van der Waals surface area contributed by atoms with Crippen LogP contribution in [0.3, 0.4) is 0 Å². The van der Waals surface area contributed by atoms with Gasteiger partial charge in [-0.2, -0.15) is 0 Å². The molecule has 0 saturated carbocycles. The second-order valence-corrected chi connectivity index (χ2v) is 3.85. The van der Waals surface area contributed by atoms with Gasteiger partial charge < -0.3 is 10.1 Å². The van der Waals surface area contributed by atoms with E-state index in [2.05, 4.69) is 27.8 Å². The third-order valence-electron chi connectivity index (χ3n) is 1.96. The fraction of sp³-hybridized carbons (Fsp3) is 0.182. The summed E-state index contributed by atoms with van der Waals surface area (Å²) in [4.78, 5) is 11.0. The van der Waals surface area contributed by atoms with Crippen LogP contribution in [-0.2, 0) is 11.3 Å². The summed E-state index contributed by atoms with van der Waals surface area (Å²) in [5, 5.41) is 2.60. The second-order valence-electron chi connectivity index (χ2n) is 3.00. The Labute approximate surface area is 101 Å². The molecule has 0 fully saturated rings. The van der Waals surface area contributed by atoms with Gasteiger partial charge in [-0.05, 0) is 23.8 Å².